The van der Waals surface area contributed by atoms with E-state index in [0.717, 1.165) is 19.6 Å². The van der Waals surface area contributed by atoms with E-state index < -0.39 is 0 Å². The molecule has 1 aliphatic heterocycles. The van der Waals surface area contributed by atoms with Crippen LogP contribution in [0.4, 0.5) is 0 Å². The highest BCUT2D eigenvalue weighted by atomic mass is 16.5. The predicted octanol–water partition coefficient (Wildman–Crippen LogP) is 3.43. The molecule has 0 radical (unpaired) electrons. The maximum atomic E-state index is 6.14. The molecule has 0 bridgehead atoms. The van der Waals surface area contributed by atoms with E-state index in [4.69, 9.17) is 4.74 Å². The van der Waals surface area contributed by atoms with Crippen molar-refractivity contribution >= 4 is 0 Å². The minimum atomic E-state index is -0.0215. The Morgan fingerprint density at radius 2 is 1.70 bits per heavy atom. The van der Waals surface area contributed by atoms with Gasteiger partial charge >= 0.3 is 0 Å². The van der Waals surface area contributed by atoms with E-state index >= 15 is 0 Å². The molecule has 0 saturated carbocycles. The second kappa shape index (κ2) is 7.77. The van der Waals surface area contributed by atoms with Crippen molar-refractivity contribution in [1.29, 1.82) is 0 Å². The average Bonchev–Trinajstić information content (AvgIpc) is 2.29. The average molecular weight is 284 g/mol. The summed E-state index contributed by atoms with van der Waals surface area (Å²) in [4.78, 5) is 2.58. The first-order valence-corrected chi connectivity index (χ1v) is 8.44. The molecular formula is C17H36N2O. The summed E-state index contributed by atoms with van der Waals surface area (Å²) in [5.74, 6) is 0. The third kappa shape index (κ3) is 6.55. The lowest BCUT2D eigenvalue weighted by molar-refractivity contribution is -0.180. The van der Waals surface area contributed by atoms with Crippen molar-refractivity contribution in [3.05, 3.63) is 0 Å². The van der Waals surface area contributed by atoms with Crippen LogP contribution in [0.2, 0.25) is 0 Å². The van der Waals surface area contributed by atoms with Crippen molar-refractivity contribution in [2.75, 3.05) is 26.2 Å². The Balaban J connectivity index is 2.33. The van der Waals surface area contributed by atoms with Crippen LogP contribution in [0.3, 0.4) is 0 Å². The standard InChI is InChI=1S/C17H36N2O/c1-7-11-18-15(8-2)10-9-12-19-13-16(3,4)20-17(5,6)14-19/h15,18H,7-14H2,1-6H3. The summed E-state index contributed by atoms with van der Waals surface area (Å²) in [6.45, 7) is 17.8. The Morgan fingerprint density at radius 1 is 1.10 bits per heavy atom. The Morgan fingerprint density at radius 3 is 2.20 bits per heavy atom. The molecule has 3 heteroatoms. The molecule has 0 amide bonds. The molecular weight excluding hydrogens is 248 g/mol. The molecule has 1 atom stereocenters. The number of hydrogen-bond acceptors (Lipinski definition) is 3. The summed E-state index contributed by atoms with van der Waals surface area (Å²) in [5, 5.41) is 3.65. The lowest BCUT2D eigenvalue weighted by Crippen LogP contribution is -2.57. The van der Waals surface area contributed by atoms with Crippen molar-refractivity contribution in [3.8, 4) is 0 Å². The number of morpholine rings is 1. The zero-order chi connectivity index (χ0) is 15.2. The van der Waals surface area contributed by atoms with E-state index in [9.17, 15) is 0 Å². The molecule has 1 fully saturated rings. The van der Waals surface area contributed by atoms with Crippen LogP contribution in [0.25, 0.3) is 0 Å². The predicted molar refractivity (Wildman–Crippen MR) is 87.3 cm³/mol. The number of hydrogen-bond donors (Lipinski definition) is 1. The zero-order valence-electron chi connectivity index (χ0n) is 14.6. The van der Waals surface area contributed by atoms with E-state index in [2.05, 4.69) is 51.8 Å². The van der Waals surface area contributed by atoms with Gasteiger partial charge in [-0.1, -0.05) is 13.8 Å². The summed E-state index contributed by atoms with van der Waals surface area (Å²) in [6, 6.07) is 0.692. The van der Waals surface area contributed by atoms with Gasteiger partial charge in [-0.2, -0.15) is 0 Å². The molecule has 1 heterocycles. The Kier molecular flexibility index (Phi) is 6.96. The summed E-state index contributed by atoms with van der Waals surface area (Å²) in [6.07, 6.45) is 5.03. The topological polar surface area (TPSA) is 24.5 Å². The molecule has 0 aromatic carbocycles. The van der Waals surface area contributed by atoms with Gasteiger partial charge < -0.3 is 10.1 Å². The number of rotatable bonds is 8. The van der Waals surface area contributed by atoms with Gasteiger partial charge in [-0.25, -0.2) is 0 Å². The van der Waals surface area contributed by atoms with Gasteiger partial charge in [0.25, 0.3) is 0 Å². The number of ether oxygens (including phenoxy) is 1. The van der Waals surface area contributed by atoms with Crippen molar-refractivity contribution in [2.45, 2.75) is 84.5 Å². The van der Waals surface area contributed by atoms with Crippen LogP contribution in [-0.4, -0.2) is 48.3 Å². The van der Waals surface area contributed by atoms with Crippen molar-refractivity contribution in [3.63, 3.8) is 0 Å². The van der Waals surface area contributed by atoms with Gasteiger partial charge in [0.2, 0.25) is 0 Å². The molecule has 0 spiro atoms. The van der Waals surface area contributed by atoms with Gasteiger partial charge in [0, 0.05) is 19.1 Å². The summed E-state index contributed by atoms with van der Waals surface area (Å²) >= 11 is 0. The minimum absolute atomic E-state index is 0.0215. The van der Waals surface area contributed by atoms with Crippen LogP contribution in [0.5, 0.6) is 0 Å². The molecule has 1 N–H and O–H groups in total. The van der Waals surface area contributed by atoms with E-state index in [1.807, 2.05) is 0 Å². The summed E-state index contributed by atoms with van der Waals surface area (Å²) in [5.41, 5.74) is -0.0429. The molecule has 0 aromatic rings. The fourth-order valence-corrected chi connectivity index (χ4v) is 3.46. The second-order valence-corrected chi connectivity index (χ2v) is 7.53. The largest absolute Gasteiger partial charge is 0.367 e. The first kappa shape index (κ1) is 17.9. The van der Waals surface area contributed by atoms with Crippen LogP contribution in [0, 0.1) is 0 Å². The van der Waals surface area contributed by atoms with E-state index in [1.54, 1.807) is 0 Å². The Labute approximate surface area is 126 Å². The van der Waals surface area contributed by atoms with Gasteiger partial charge in [-0.15, -0.1) is 0 Å². The SMILES string of the molecule is CCCNC(CC)CCCN1CC(C)(C)OC(C)(C)C1. The third-order valence-corrected chi connectivity index (χ3v) is 3.96. The molecule has 120 valence electrons. The smallest absolute Gasteiger partial charge is 0.0760 e. The third-order valence-electron chi connectivity index (χ3n) is 3.96. The van der Waals surface area contributed by atoms with Gasteiger partial charge in [-0.05, 0) is 66.5 Å². The van der Waals surface area contributed by atoms with Gasteiger partial charge in [0.1, 0.15) is 0 Å². The fraction of sp³-hybridized carbons (Fsp3) is 1.00. The summed E-state index contributed by atoms with van der Waals surface area (Å²) in [7, 11) is 0. The highest BCUT2D eigenvalue weighted by Crippen LogP contribution is 2.28. The molecule has 20 heavy (non-hydrogen) atoms. The Hall–Kier alpha value is -0.120. The van der Waals surface area contributed by atoms with Gasteiger partial charge in [-0.3, -0.25) is 4.90 Å². The maximum absolute atomic E-state index is 6.14. The Bertz CT molecular complexity index is 260. The molecule has 1 unspecified atom stereocenters. The zero-order valence-corrected chi connectivity index (χ0v) is 14.6. The van der Waals surface area contributed by atoms with Crippen LogP contribution in [0.1, 0.15) is 67.2 Å². The molecule has 1 saturated heterocycles. The van der Waals surface area contributed by atoms with Crippen molar-refractivity contribution < 1.29 is 4.74 Å². The number of nitrogens with zero attached hydrogens (tertiary/aromatic N) is 1. The van der Waals surface area contributed by atoms with E-state index in [-0.39, 0.29) is 11.2 Å². The minimum Gasteiger partial charge on any atom is -0.367 e. The maximum Gasteiger partial charge on any atom is 0.0760 e. The van der Waals surface area contributed by atoms with E-state index in [1.165, 1.54) is 32.2 Å². The van der Waals surface area contributed by atoms with Crippen LogP contribution < -0.4 is 5.32 Å². The summed E-state index contributed by atoms with van der Waals surface area (Å²) < 4.78 is 6.14. The fourth-order valence-electron chi connectivity index (χ4n) is 3.46. The van der Waals surface area contributed by atoms with Gasteiger partial charge in [0.15, 0.2) is 0 Å². The molecule has 1 aliphatic rings. The van der Waals surface area contributed by atoms with Crippen LogP contribution in [0.15, 0.2) is 0 Å². The first-order valence-electron chi connectivity index (χ1n) is 8.44. The van der Waals surface area contributed by atoms with E-state index in [0.29, 0.717) is 6.04 Å². The van der Waals surface area contributed by atoms with Crippen molar-refractivity contribution in [1.82, 2.24) is 10.2 Å². The van der Waals surface area contributed by atoms with Gasteiger partial charge in [0.05, 0.1) is 11.2 Å². The molecule has 0 aromatic heterocycles. The second-order valence-electron chi connectivity index (χ2n) is 7.53. The first-order chi connectivity index (χ1) is 9.28. The van der Waals surface area contributed by atoms with Crippen LogP contribution >= 0.6 is 0 Å². The normalized spacial score (nSPS) is 23.7. The molecule has 0 aliphatic carbocycles. The number of nitrogens with one attached hydrogen (secondary N) is 1. The molecule has 1 rings (SSSR count). The highest BCUT2D eigenvalue weighted by Gasteiger charge is 2.37. The lowest BCUT2D eigenvalue weighted by Gasteiger charge is -2.47. The quantitative estimate of drug-likeness (QED) is 0.739. The lowest BCUT2D eigenvalue weighted by atomic mass is 9.98. The van der Waals surface area contributed by atoms with Crippen LogP contribution in [-0.2, 0) is 4.74 Å². The highest BCUT2D eigenvalue weighted by molar-refractivity contribution is 4.89. The molecule has 3 nitrogen and oxygen atoms in total. The van der Waals surface area contributed by atoms with Crippen molar-refractivity contribution in [2.24, 2.45) is 0 Å². The monoisotopic (exact) mass is 284 g/mol.